The van der Waals surface area contributed by atoms with Crippen molar-refractivity contribution in [1.29, 1.82) is 0 Å². The minimum absolute atomic E-state index is 0.135. The highest BCUT2D eigenvalue weighted by molar-refractivity contribution is 6.18. The third kappa shape index (κ3) is 3.67. The van der Waals surface area contributed by atoms with Crippen LogP contribution in [-0.2, 0) is 4.79 Å². The summed E-state index contributed by atoms with van der Waals surface area (Å²) in [6, 6.07) is 0.135. The normalized spacial score (nSPS) is 25.1. The second-order valence-corrected chi connectivity index (χ2v) is 6.04. The molecule has 0 bridgehead atoms. The van der Waals surface area contributed by atoms with E-state index in [0.29, 0.717) is 11.8 Å². The Hall–Kier alpha value is -0.240. The van der Waals surface area contributed by atoms with E-state index in [4.69, 9.17) is 11.6 Å². The smallest absolute Gasteiger partial charge is 0.223 e. The number of hydrogen-bond donors (Lipinski definition) is 1. The van der Waals surface area contributed by atoms with Crippen molar-refractivity contribution in [2.45, 2.75) is 46.6 Å². The van der Waals surface area contributed by atoms with Gasteiger partial charge in [-0.15, -0.1) is 11.6 Å². The molecule has 15 heavy (non-hydrogen) atoms. The molecule has 0 saturated heterocycles. The first-order chi connectivity index (χ1) is 6.86. The molecule has 1 saturated carbocycles. The highest BCUT2D eigenvalue weighted by Gasteiger charge is 2.50. The van der Waals surface area contributed by atoms with Crippen molar-refractivity contribution in [1.82, 2.24) is 5.32 Å². The van der Waals surface area contributed by atoms with Gasteiger partial charge < -0.3 is 5.32 Å². The molecule has 0 aromatic rings. The van der Waals surface area contributed by atoms with Gasteiger partial charge in [0.15, 0.2) is 0 Å². The van der Waals surface area contributed by atoms with Gasteiger partial charge in [-0.25, -0.2) is 0 Å². The Bertz CT molecular complexity index is 238. The Kier molecular flexibility index (Phi) is 4.05. The molecule has 0 aliphatic heterocycles. The van der Waals surface area contributed by atoms with Gasteiger partial charge >= 0.3 is 0 Å². The third-order valence-corrected chi connectivity index (χ3v) is 3.49. The first-order valence-corrected chi connectivity index (χ1v) is 6.26. The number of nitrogens with one attached hydrogen (secondary N) is 1. The van der Waals surface area contributed by atoms with Crippen molar-refractivity contribution >= 4 is 17.5 Å². The maximum atomic E-state index is 11.8. The molecule has 2 unspecified atom stereocenters. The van der Waals surface area contributed by atoms with Gasteiger partial charge in [-0.3, -0.25) is 4.79 Å². The van der Waals surface area contributed by atoms with E-state index >= 15 is 0 Å². The molecule has 0 spiro atoms. The molecule has 1 fully saturated rings. The molecule has 3 heteroatoms. The molecule has 1 rings (SSSR count). The first kappa shape index (κ1) is 12.8. The van der Waals surface area contributed by atoms with Gasteiger partial charge in [0.05, 0.1) is 0 Å². The molecule has 0 radical (unpaired) electrons. The van der Waals surface area contributed by atoms with E-state index in [1.807, 2.05) is 0 Å². The van der Waals surface area contributed by atoms with E-state index in [9.17, 15) is 4.79 Å². The average molecular weight is 232 g/mol. The Labute approximate surface area is 97.8 Å². The summed E-state index contributed by atoms with van der Waals surface area (Å²) in [7, 11) is 0. The highest BCUT2D eigenvalue weighted by Crippen LogP contribution is 2.51. The van der Waals surface area contributed by atoms with Crippen LogP contribution >= 0.6 is 11.6 Å². The standard InChI is InChI=1S/C12H22ClNO/c1-8(2)5-9(7-13)14-11(15)10-6-12(10,3)4/h8-10H,5-7H2,1-4H3,(H,14,15). The van der Waals surface area contributed by atoms with Crippen LogP contribution in [0.3, 0.4) is 0 Å². The third-order valence-electron chi connectivity index (χ3n) is 3.12. The average Bonchev–Trinajstić information content (AvgIpc) is 2.73. The lowest BCUT2D eigenvalue weighted by Crippen LogP contribution is -2.38. The second-order valence-electron chi connectivity index (χ2n) is 5.73. The lowest BCUT2D eigenvalue weighted by atomic mass is 10.0. The van der Waals surface area contributed by atoms with Gasteiger partial charge in [-0.1, -0.05) is 27.7 Å². The molecule has 1 aliphatic rings. The van der Waals surface area contributed by atoms with E-state index in [1.165, 1.54) is 0 Å². The summed E-state index contributed by atoms with van der Waals surface area (Å²) in [5, 5.41) is 3.04. The van der Waals surface area contributed by atoms with Crippen LogP contribution in [0.5, 0.6) is 0 Å². The molecular formula is C12H22ClNO. The summed E-state index contributed by atoms with van der Waals surface area (Å²) in [6.07, 6.45) is 1.97. The topological polar surface area (TPSA) is 29.1 Å². The number of amides is 1. The lowest BCUT2D eigenvalue weighted by Gasteiger charge is -2.18. The van der Waals surface area contributed by atoms with Crippen molar-refractivity contribution in [2.75, 3.05) is 5.88 Å². The van der Waals surface area contributed by atoms with Crippen LogP contribution in [0.2, 0.25) is 0 Å². The molecule has 0 aromatic heterocycles. The van der Waals surface area contributed by atoms with Crippen molar-refractivity contribution in [3.63, 3.8) is 0 Å². The summed E-state index contributed by atoms with van der Waals surface area (Å²) >= 11 is 5.84. The quantitative estimate of drug-likeness (QED) is 0.725. The zero-order valence-electron chi connectivity index (χ0n) is 10.1. The fourth-order valence-corrected chi connectivity index (χ4v) is 2.15. The monoisotopic (exact) mass is 231 g/mol. The fraction of sp³-hybridized carbons (Fsp3) is 0.917. The Morgan fingerprint density at radius 3 is 2.40 bits per heavy atom. The van der Waals surface area contributed by atoms with Crippen molar-refractivity contribution in [2.24, 2.45) is 17.3 Å². The van der Waals surface area contributed by atoms with E-state index in [1.54, 1.807) is 0 Å². The summed E-state index contributed by atoms with van der Waals surface area (Å²) in [5.41, 5.74) is 0.207. The van der Waals surface area contributed by atoms with Gasteiger partial charge in [0, 0.05) is 17.8 Å². The number of carbonyl (C=O) groups is 1. The van der Waals surface area contributed by atoms with Crippen LogP contribution in [0.15, 0.2) is 0 Å². The number of rotatable bonds is 5. The maximum Gasteiger partial charge on any atom is 0.223 e. The van der Waals surface area contributed by atoms with Crippen LogP contribution < -0.4 is 5.32 Å². The SMILES string of the molecule is CC(C)CC(CCl)NC(=O)C1CC1(C)C. The molecule has 0 aromatic carbocycles. The van der Waals surface area contributed by atoms with Gasteiger partial charge in [0.1, 0.15) is 0 Å². The van der Waals surface area contributed by atoms with E-state index in [2.05, 4.69) is 33.0 Å². The Morgan fingerprint density at radius 2 is 2.07 bits per heavy atom. The molecule has 0 heterocycles. The molecule has 2 nitrogen and oxygen atoms in total. The first-order valence-electron chi connectivity index (χ1n) is 5.73. The van der Waals surface area contributed by atoms with E-state index < -0.39 is 0 Å². The fourth-order valence-electron chi connectivity index (χ4n) is 1.95. The molecule has 1 amide bonds. The van der Waals surface area contributed by atoms with E-state index in [-0.39, 0.29) is 23.3 Å². The van der Waals surface area contributed by atoms with E-state index in [0.717, 1.165) is 12.8 Å². The molecule has 1 aliphatic carbocycles. The zero-order chi connectivity index (χ0) is 11.6. The predicted octanol–water partition coefficient (Wildman–Crippen LogP) is 2.80. The predicted molar refractivity (Wildman–Crippen MR) is 64.0 cm³/mol. The lowest BCUT2D eigenvalue weighted by molar-refractivity contribution is -0.123. The van der Waals surface area contributed by atoms with Crippen molar-refractivity contribution in [3.8, 4) is 0 Å². The number of alkyl halides is 1. The largest absolute Gasteiger partial charge is 0.352 e. The number of halogens is 1. The molecular weight excluding hydrogens is 210 g/mol. The van der Waals surface area contributed by atoms with Crippen LogP contribution in [-0.4, -0.2) is 17.8 Å². The van der Waals surface area contributed by atoms with Crippen LogP contribution in [0, 0.1) is 17.3 Å². The molecule has 2 atom stereocenters. The van der Waals surface area contributed by atoms with Gasteiger partial charge in [-0.2, -0.15) is 0 Å². The minimum atomic E-state index is 0.135. The summed E-state index contributed by atoms with van der Waals surface area (Å²) in [5.74, 6) is 1.47. The van der Waals surface area contributed by atoms with Gasteiger partial charge in [0.25, 0.3) is 0 Å². The number of carbonyl (C=O) groups excluding carboxylic acids is 1. The van der Waals surface area contributed by atoms with Crippen molar-refractivity contribution < 1.29 is 4.79 Å². The van der Waals surface area contributed by atoms with Crippen LogP contribution in [0.4, 0.5) is 0 Å². The van der Waals surface area contributed by atoms with Crippen molar-refractivity contribution in [3.05, 3.63) is 0 Å². The molecule has 88 valence electrons. The Balaban J connectivity index is 2.36. The summed E-state index contributed by atoms with van der Waals surface area (Å²) in [4.78, 5) is 11.8. The summed E-state index contributed by atoms with van der Waals surface area (Å²) in [6.45, 7) is 8.56. The summed E-state index contributed by atoms with van der Waals surface area (Å²) < 4.78 is 0. The van der Waals surface area contributed by atoms with Gasteiger partial charge in [-0.05, 0) is 24.2 Å². The Morgan fingerprint density at radius 1 is 1.53 bits per heavy atom. The second kappa shape index (κ2) is 4.73. The molecule has 1 N–H and O–H groups in total. The van der Waals surface area contributed by atoms with Gasteiger partial charge in [0.2, 0.25) is 5.91 Å². The minimum Gasteiger partial charge on any atom is -0.352 e. The maximum absolute atomic E-state index is 11.8. The highest BCUT2D eigenvalue weighted by atomic mass is 35.5. The van der Waals surface area contributed by atoms with Crippen LogP contribution in [0.25, 0.3) is 0 Å². The zero-order valence-corrected chi connectivity index (χ0v) is 10.9. The number of hydrogen-bond acceptors (Lipinski definition) is 1. The van der Waals surface area contributed by atoms with Crippen LogP contribution in [0.1, 0.15) is 40.5 Å².